The molecule has 0 aliphatic rings. The molecule has 1 aromatic rings. The Morgan fingerprint density at radius 3 is 2.26 bits per heavy atom. The maximum atomic E-state index is 11.6. The molecule has 0 aliphatic heterocycles. The van der Waals surface area contributed by atoms with E-state index in [0.717, 1.165) is 10.5 Å². The number of ether oxygens (including phenoxy) is 1. The topological polar surface area (TPSA) is 63.6 Å². The van der Waals surface area contributed by atoms with Crippen LogP contribution in [0.2, 0.25) is 0 Å². The number of carbonyl (C=O) groups is 2. The molecular formula is C14H18O4S. The van der Waals surface area contributed by atoms with E-state index in [2.05, 4.69) is 0 Å². The minimum Gasteiger partial charge on any atom is -0.481 e. The average Bonchev–Trinajstić information content (AvgIpc) is 2.30. The molecule has 0 radical (unpaired) electrons. The molecule has 1 aromatic carbocycles. The summed E-state index contributed by atoms with van der Waals surface area (Å²) in [6, 6.07) is 7.16. The number of carbonyl (C=O) groups excluding carboxylic acids is 1. The molecule has 1 atom stereocenters. The van der Waals surface area contributed by atoms with E-state index in [4.69, 9.17) is 9.84 Å². The Labute approximate surface area is 117 Å². The highest BCUT2D eigenvalue weighted by Crippen LogP contribution is 2.24. The van der Waals surface area contributed by atoms with E-state index >= 15 is 0 Å². The van der Waals surface area contributed by atoms with Crippen LogP contribution in [-0.4, -0.2) is 28.4 Å². The number of rotatable bonds is 6. The minimum atomic E-state index is -0.853. The SMILES string of the molecule is CC(C)OC(=O)C(C)Sc1ccc(CC(=O)O)cc1. The lowest BCUT2D eigenvalue weighted by Crippen LogP contribution is -2.20. The van der Waals surface area contributed by atoms with Crippen LogP contribution in [0.15, 0.2) is 29.2 Å². The third-order valence-corrected chi connectivity index (χ3v) is 3.37. The highest BCUT2D eigenvalue weighted by Gasteiger charge is 2.17. The summed E-state index contributed by atoms with van der Waals surface area (Å²) in [6.45, 7) is 5.42. The Hall–Kier alpha value is -1.49. The van der Waals surface area contributed by atoms with Gasteiger partial charge in [0.1, 0.15) is 5.25 Å². The molecule has 0 bridgehead atoms. The first kappa shape index (κ1) is 15.6. The molecule has 0 heterocycles. The zero-order valence-electron chi connectivity index (χ0n) is 11.3. The molecule has 19 heavy (non-hydrogen) atoms. The van der Waals surface area contributed by atoms with E-state index in [1.807, 2.05) is 26.0 Å². The van der Waals surface area contributed by atoms with Crippen LogP contribution in [-0.2, 0) is 20.7 Å². The van der Waals surface area contributed by atoms with Crippen LogP contribution in [0.1, 0.15) is 26.3 Å². The summed E-state index contributed by atoms with van der Waals surface area (Å²) >= 11 is 1.40. The van der Waals surface area contributed by atoms with Gasteiger partial charge in [-0.15, -0.1) is 11.8 Å². The van der Waals surface area contributed by atoms with Crippen molar-refractivity contribution in [1.29, 1.82) is 0 Å². The highest BCUT2D eigenvalue weighted by molar-refractivity contribution is 8.00. The lowest BCUT2D eigenvalue weighted by molar-refractivity contribution is -0.146. The predicted molar refractivity (Wildman–Crippen MR) is 74.3 cm³/mol. The molecule has 0 amide bonds. The van der Waals surface area contributed by atoms with Crippen LogP contribution in [0.4, 0.5) is 0 Å². The monoisotopic (exact) mass is 282 g/mol. The van der Waals surface area contributed by atoms with Crippen LogP contribution in [0, 0.1) is 0 Å². The van der Waals surface area contributed by atoms with Crippen LogP contribution >= 0.6 is 11.8 Å². The average molecular weight is 282 g/mol. The fourth-order valence-electron chi connectivity index (χ4n) is 1.44. The largest absolute Gasteiger partial charge is 0.481 e. The van der Waals surface area contributed by atoms with Crippen molar-refractivity contribution >= 4 is 23.7 Å². The van der Waals surface area contributed by atoms with Crippen molar-refractivity contribution in [3.63, 3.8) is 0 Å². The highest BCUT2D eigenvalue weighted by atomic mass is 32.2. The molecule has 104 valence electrons. The van der Waals surface area contributed by atoms with Crippen LogP contribution < -0.4 is 0 Å². The van der Waals surface area contributed by atoms with Gasteiger partial charge in [0.05, 0.1) is 12.5 Å². The van der Waals surface area contributed by atoms with E-state index < -0.39 is 5.97 Å². The number of benzene rings is 1. The zero-order valence-corrected chi connectivity index (χ0v) is 12.1. The summed E-state index contributed by atoms with van der Waals surface area (Å²) in [5.41, 5.74) is 0.745. The second-order valence-corrected chi connectivity index (χ2v) is 5.87. The van der Waals surface area contributed by atoms with E-state index in [9.17, 15) is 9.59 Å². The van der Waals surface area contributed by atoms with Crippen molar-refractivity contribution in [1.82, 2.24) is 0 Å². The Morgan fingerprint density at radius 1 is 1.21 bits per heavy atom. The fourth-order valence-corrected chi connectivity index (χ4v) is 2.29. The fraction of sp³-hybridized carbons (Fsp3) is 0.429. The number of carboxylic acids is 1. The number of esters is 1. The van der Waals surface area contributed by atoms with Crippen molar-refractivity contribution in [2.75, 3.05) is 0 Å². The lowest BCUT2D eigenvalue weighted by Gasteiger charge is -2.13. The van der Waals surface area contributed by atoms with Gasteiger partial charge in [0.15, 0.2) is 0 Å². The van der Waals surface area contributed by atoms with Crippen molar-refractivity contribution in [2.24, 2.45) is 0 Å². The molecule has 0 saturated heterocycles. The van der Waals surface area contributed by atoms with E-state index in [1.54, 1.807) is 19.1 Å². The molecule has 0 aromatic heterocycles. The smallest absolute Gasteiger partial charge is 0.319 e. The maximum Gasteiger partial charge on any atom is 0.319 e. The molecule has 0 aliphatic carbocycles. The Kier molecular flexibility index (Phi) is 5.89. The van der Waals surface area contributed by atoms with Crippen molar-refractivity contribution < 1.29 is 19.4 Å². The van der Waals surface area contributed by atoms with Gasteiger partial charge in [0, 0.05) is 4.90 Å². The van der Waals surface area contributed by atoms with Gasteiger partial charge in [-0.25, -0.2) is 0 Å². The summed E-state index contributed by atoms with van der Waals surface area (Å²) in [4.78, 5) is 23.1. The number of hydrogen-bond donors (Lipinski definition) is 1. The van der Waals surface area contributed by atoms with Gasteiger partial charge >= 0.3 is 11.9 Å². The Morgan fingerprint density at radius 2 is 1.79 bits per heavy atom. The normalized spacial score (nSPS) is 12.2. The van der Waals surface area contributed by atoms with Gasteiger partial charge in [-0.05, 0) is 38.5 Å². The molecule has 0 spiro atoms. The second-order valence-electron chi connectivity index (χ2n) is 4.46. The predicted octanol–water partition coefficient (Wildman–Crippen LogP) is 2.75. The molecule has 0 saturated carbocycles. The lowest BCUT2D eigenvalue weighted by atomic mass is 10.2. The first-order valence-corrected chi connectivity index (χ1v) is 6.94. The van der Waals surface area contributed by atoms with Crippen molar-refractivity contribution in [3.8, 4) is 0 Å². The van der Waals surface area contributed by atoms with Gasteiger partial charge in [-0.1, -0.05) is 12.1 Å². The Bertz CT molecular complexity index is 439. The van der Waals surface area contributed by atoms with E-state index in [-0.39, 0.29) is 23.7 Å². The maximum absolute atomic E-state index is 11.6. The van der Waals surface area contributed by atoms with Gasteiger partial charge in [0.2, 0.25) is 0 Å². The van der Waals surface area contributed by atoms with Crippen LogP contribution in [0.3, 0.4) is 0 Å². The summed E-state index contributed by atoms with van der Waals surface area (Å²) in [7, 11) is 0. The molecule has 4 nitrogen and oxygen atoms in total. The summed E-state index contributed by atoms with van der Waals surface area (Å²) in [5, 5.41) is 8.39. The second kappa shape index (κ2) is 7.19. The Balaban J connectivity index is 2.57. The number of hydrogen-bond acceptors (Lipinski definition) is 4. The van der Waals surface area contributed by atoms with Crippen molar-refractivity contribution in [3.05, 3.63) is 29.8 Å². The standard InChI is InChI=1S/C14H18O4S/c1-9(2)18-14(17)10(3)19-12-6-4-11(5-7-12)8-13(15)16/h4-7,9-10H,8H2,1-3H3,(H,15,16). The zero-order chi connectivity index (χ0) is 14.4. The summed E-state index contributed by atoms with van der Waals surface area (Å²) in [5.74, 6) is -1.09. The van der Waals surface area contributed by atoms with Crippen LogP contribution in [0.25, 0.3) is 0 Å². The first-order valence-electron chi connectivity index (χ1n) is 6.06. The quantitative estimate of drug-likeness (QED) is 0.642. The van der Waals surface area contributed by atoms with Gasteiger partial charge in [-0.2, -0.15) is 0 Å². The first-order chi connectivity index (χ1) is 8.88. The molecule has 1 unspecified atom stereocenters. The summed E-state index contributed by atoms with van der Waals surface area (Å²) in [6.07, 6.45) is -0.107. The molecule has 0 fully saturated rings. The van der Waals surface area contributed by atoms with Gasteiger partial charge in [0.25, 0.3) is 0 Å². The molecule has 1 N–H and O–H groups in total. The van der Waals surface area contributed by atoms with Crippen molar-refractivity contribution in [2.45, 2.75) is 43.4 Å². The van der Waals surface area contributed by atoms with E-state index in [0.29, 0.717) is 0 Å². The number of carboxylic acid groups (broad SMARTS) is 1. The third kappa shape index (κ3) is 5.79. The molecule has 5 heteroatoms. The molecule has 1 rings (SSSR count). The van der Waals surface area contributed by atoms with Gasteiger partial charge < -0.3 is 9.84 Å². The molecular weight excluding hydrogens is 264 g/mol. The van der Waals surface area contributed by atoms with Gasteiger partial charge in [-0.3, -0.25) is 9.59 Å². The number of aliphatic carboxylic acids is 1. The van der Waals surface area contributed by atoms with Crippen LogP contribution in [0.5, 0.6) is 0 Å². The summed E-state index contributed by atoms with van der Waals surface area (Å²) < 4.78 is 5.12. The van der Waals surface area contributed by atoms with E-state index in [1.165, 1.54) is 11.8 Å². The minimum absolute atomic E-state index is 0.00981. The number of thioether (sulfide) groups is 1. The third-order valence-electron chi connectivity index (χ3n) is 2.28.